The van der Waals surface area contributed by atoms with Gasteiger partial charge in [0.2, 0.25) is 5.88 Å². The quantitative estimate of drug-likeness (QED) is 0.835. The molecule has 96 valence electrons. The van der Waals surface area contributed by atoms with Crippen molar-refractivity contribution in [2.24, 2.45) is 0 Å². The van der Waals surface area contributed by atoms with Gasteiger partial charge in [0.15, 0.2) is 0 Å². The SMILES string of the molecule is COc1nccnc1CN[C@@H]1CCCNC1.Cl. The molecule has 1 atom stereocenters. The Bertz CT molecular complexity index is 331. The van der Waals surface area contributed by atoms with Gasteiger partial charge in [-0.05, 0) is 19.4 Å². The van der Waals surface area contributed by atoms with Crippen LogP contribution in [0.25, 0.3) is 0 Å². The smallest absolute Gasteiger partial charge is 0.236 e. The highest BCUT2D eigenvalue weighted by Gasteiger charge is 2.13. The number of rotatable bonds is 4. The van der Waals surface area contributed by atoms with Crippen LogP contribution in [0.4, 0.5) is 0 Å². The van der Waals surface area contributed by atoms with E-state index in [1.165, 1.54) is 12.8 Å². The van der Waals surface area contributed by atoms with Gasteiger partial charge in [0, 0.05) is 31.5 Å². The van der Waals surface area contributed by atoms with Crippen LogP contribution < -0.4 is 15.4 Å². The zero-order chi connectivity index (χ0) is 11.2. The molecule has 2 heterocycles. The fraction of sp³-hybridized carbons (Fsp3) is 0.636. The zero-order valence-corrected chi connectivity index (χ0v) is 10.8. The molecule has 1 saturated heterocycles. The third-order valence-corrected chi connectivity index (χ3v) is 2.78. The summed E-state index contributed by atoms with van der Waals surface area (Å²) >= 11 is 0. The van der Waals surface area contributed by atoms with Crippen molar-refractivity contribution in [3.63, 3.8) is 0 Å². The van der Waals surface area contributed by atoms with Gasteiger partial charge in [-0.3, -0.25) is 4.98 Å². The van der Waals surface area contributed by atoms with Crippen molar-refractivity contribution in [1.82, 2.24) is 20.6 Å². The minimum Gasteiger partial charge on any atom is -0.480 e. The van der Waals surface area contributed by atoms with Crippen LogP contribution in [0.15, 0.2) is 12.4 Å². The number of halogens is 1. The van der Waals surface area contributed by atoms with Gasteiger partial charge in [0.05, 0.1) is 7.11 Å². The molecule has 0 unspecified atom stereocenters. The Morgan fingerprint density at radius 2 is 2.29 bits per heavy atom. The van der Waals surface area contributed by atoms with Crippen LogP contribution in [0.1, 0.15) is 18.5 Å². The number of nitrogens with one attached hydrogen (secondary N) is 2. The van der Waals surface area contributed by atoms with E-state index in [1.807, 2.05) is 0 Å². The lowest BCUT2D eigenvalue weighted by Gasteiger charge is -2.23. The van der Waals surface area contributed by atoms with Crippen molar-refractivity contribution in [2.45, 2.75) is 25.4 Å². The second-order valence-corrected chi connectivity index (χ2v) is 3.94. The molecule has 2 rings (SSSR count). The third kappa shape index (κ3) is 4.11. The highest BCUT2D eigenvalue weighted by molar-refractivity contribution is 5.85. The van der Waals surface area contributed by atoms with Crippen molar-refractivity contribution in [1.29, 1.82) is 0 Å². The minimum atomic E-state index is 0. The van der Waals surface area contributed by atoms with Gasteiger partial charge in [-0.15, -0.1) is 12.4 Å². The maximum Gasteiger partial charge on any atom is 0.236 e. The van der Waals surface area contributed by atoms with Crippen LogP contribution in [0.5, 0.6) is 5.88 Å². The summed E-state index contributed by atoms with van der Waals surface area (Å²) < 4.78 is 5.16. The molecule has 5 nitrogen and oxygen atoms in total. The summed E-state index contributed by atoms with van der Waals surface area (Å²) in [5, 5.41) is 6.84. The van der Waals surface area contributed by atoms with Gasteiger partial charge in [0.25, 0.3) is 0 Å². The van der Waals surface area contributed by atoms with E-state index in [1.54, 1.807) is 19.5 Å². The molecular weight excluding hydrogens is 240 g/mol. The van der Waals surface area contributed by atoms with Crippen molar-refractivity contribution >= 4 is 12.4 Å². The van der Waals surface area contributed by atoms with Crippen LogP contribution >= 0.6 is 12.4 Å². The predicted octanol–water partition coefficient (Wildman–Crippen LogP) is 0.749. The molecule has 1 aromatic rings. The molecule has 0 aliphatic carbocycles. The standard InChI is InChI=1S/C11H18N4O.ClH/c1-16-11-10(13-5-6-14-11)8-15-9-3-2-4-12-7-9;/h5-6,9,12,15H,2-4,7-8H2,1H3;1H/t9-;/m1./s1. The summed E-state index contributed by atoms with van der Waals surface area (Å²) in [7, 11) is 1.62. The first-order valence-electron chi connectivity index (χ1n) is 5.68. The molecule has 17 heavy (non-hydrogen) atoms. The average Bonchev–Trinajstić information content (AvgIpc) is 2.38. The topological polar surface area (TPSA) is 59.1 Å². The minimum absolute atomic E-state index is 0. The highest BCUT2D eigenvalue weighted by Crippen LogP contribution is 2.11. The first-order chi connectivity index (χ1) is 7.90. The molecular formula is C11H19ClN4O. The average molecular weight is 259 g/mol. The summed E-state index contributed by atoms with van der Waals surface area (Å²) in [5.41, 5.74) is 0.871. The Kier molecular flexibility index (Phi) is 6.18. The van der Waals surface area contributed by atoms with Gasteiger partial charge in [-0.1, -0.05) is 0 Å². The largest absolute Gasteiger partial charge is 0.480 e. The predicted molar refractivity (Wildman–Crippen MR) is 68.6 cm³/mol. The van der Waals surface area contributed by atoms with E-state index in [0.29, 0.717) is 18.5 Å². The fourth-order valence-electron chi connectivity index (χ4n) is 1.91. The molecule has 2 N–H and O–H groups in total. The van der Waals surface area contributed by atoms with Crippen LogP contribution in [-0.4, -0.2) is 36.2 Å². The van der Waals surface area contributed by atoms with Gasteiger partial charge < -0.3 is 15.4 Å². The van der Waals surface area contributed by atoms with Crippen LogP contribution in [0.2, 0.25) is 0 Å². The van der Waals surface area contributed by atoms with Gasteiger partial charge in [0.1, 0.15) is 5.69 Å². The Balaban J connectivity index is 0.00000144. The van der Waals surface area contributed by atoms with Crippen molar-refractivity contribution in [3.8, 4) is 5.88 Å². The van der Waals surface area contributed by atoms with Crippen LogP contribution in [0, 0.1) is 0 Å². The molecule has 0 aromatic carbocycles. The molecule has 0 amide bonds. The summed E-state index contributed by atoms with van der Waals surface area (Å²) in [6.45, 7) is 2.87. The summed E-state index contributed by atoms with van der Waals surface area (Å²) in [5.74, 6) is 0.610. The summed E-state index contributed by atoms with van der Waals surface area (Å²) in [4.78, 5) is 8.38. The van der Waals surface area contributed by atoms with Gasteiger partial charge in [-0.2, -0.15) is 0 Å². The number of aromatic nitrogens is 2. The zero-order valence-electron chi connectivity index (χ0n) is 9.98. The molecule has 1 aromatic heterocycles. The second-order valence-electron chi connectivity index (χ2n) is 3.94. The van der Waals surface area contributed by atoms with Gasteiger partial charge in [-0.25, -0.2) is 4.98 Å². The number of ether oxygens (including phenoxy) is 1. The molecule has 0 spiro atoms. The van der Waals surface area contributed by atoms with E-state index in [2.05, 4.69) is 20.6 Å². The Hall–Kier alpha value is -0.910. The van der Waals surface area contributed by atoms with E-state index in [4.69, 9.17) is 4.74 Å². The number of piperidine rings is 1. The molecule has 0 saturated carbocycles. The number of hydrogen-bond acceptors (Lipinski definition) is 5. The normalized spacial score (nSPS) is 19.5. The van der Waals surface area contributed by atoms with E-state index < -0.39 is 0 Å². The summed E-state index contributed by atoms with van der Waals surface area (Å²) in [6, 6.07) is 0.528. The summed E-state index contributed by atoms with van der Waals surface area (Å²) in [6.07, 6.45) is 5.79. The molecule has 1 fully saturated rings. The number of nitrogens with zero attached hydrogens (tertiary/aromatic N) is 2. The molecule has 0 bridgehead atoms. The Morgan fingerprint density at radius 3 is 3.00 bits per heavy atom. The van der Waals surface area contributed by atoms with Gasteiger partial charge >= 0.3 is 0 Å². The number of methoxy groups -OCH3 is 1. The lowest BCUT2D eigenvalue weighted by Crippen LogP contribution is -2.42. The third-order valence-electron chi connectivity index (χ3n) is 2.78. The Morgan fingerprint density at radius 1 is 1.47 bits per heavy atom. The molecule has 6 heteroatoms. The van der Waals surface area contributed by atoms with Crippen molar-refractivity contribution in [2.75, 3.05) is 20.2 Å². The van der Waals surface area contributed by atoms with Crippen molar-refractivity contribution < 1.29 is 4.74 Å². The maximum atomic E-state index is 5.16. The Labute approximate surface area is 108 Å². The number of hydrogen-bond donors (Lipinski definition) is 2. The van der Waals surface area contributed by atoms with Crippen molar-refractivity contribution in [3.05, 3.63) is 18.1 Å². The maximum absolute atomic E-state index is 5.16. The van der Waals surface area contributed by atoms with Crippen LogP contribution in [-0.2, 0) is 6.54 Å². The highest BCUT2D eigenvalue weighted by atomic mass is 35.5. The molecule has 1 aliphatic heterocycles. The lowest BCUT2D eigenvalue weighted by molar-refractivity contribution is 0.367. The van der Waals surface area contributed by atoms with E-state index in [0.717, 1.165) is 18.8 Å². The first-order valence-corrected chi connectivity index (χ1v) is 5.68. The first kappa shape index (κ1) is 14.2. The lowest BCUT2D eigenvalue weighted by atomic mass is 10.1. The fourth-order valence-corrected chi connectivity index (χ4v) is 1.91. The second kappa shape index (κ2) is 7.42. The monoisotopic (exact) mass is 258 g/mol. The van der Waals surface area contributed by atoms with E-state index in [9.17, 15) is 0 Å². The molecule has 0 radical (unpaired) electrons. The molecule has 1 aliphatic rings. The van der Waals surface area contributed by atoms with E-state index >= 15 is 0 Å². The van der Waals surface area contributed by atoms with E-state index in [-0.39, 0.29) is 12.4 Å². The van der Waals surface area contributed by atoms with Crippen LogP contribution in [0.3, 0.4) is 0 Å².